The fourth-order valence-corrected chi connectivity index (χ4v) is 4.07. The molecule has 1 fully saturated rings. The zero-order valence-corrected chi connectivity index (χ0v) is 15.1. The van der Waals surface area contributed by atoms with Gasteiger partial charge in [-0.2, -0.15) is 10.4 Å². The highest BCUT2D eigenvalue weighted by Crippen LogP contribution is 2.30. The largest absolute Gasteiger partial charge is 0.376 e. The number of hydrogen-bond acceptors (Lipinski definition) is 5. The first-order valence-electron chi connectivity index (χ1n) is 8.01. The Morgan fingerprint density at radius 1 is 1.42 bits per heavy atom. The summed E-state index contributed by atoms with van der Waals surface area (Å²) in [5.74, 6) is 0. The minimum Gasteiger partial charge on any atom is -0.376 e. The van der Waals surface area contributed by atoms with Crippen molar-refractivity contribution in [1.29, 1.82) is 5.26 Å². The Morgan fingerprint density at radius 3 is 2.85 bits per heavy atom. The maximum atomic E-state index is 12.8. The molecule has 134 valence electrons. The summed E-state index contributed by atoms with van der Waals surface area (Å²) in [6, 6.07) is 5.57. The number of nitriles is 1. The predicted octanol–water partition coefficient (Wildman–Crippen LogP) is 2.09. The first-order valence-corrected chi connectivity index (χ1v) is 9.49. The highest BCUT2D eigenvalue weighted by molar-refractivity contribution is 7.92. The first-order chi connectivity index (χ1) is 12.3. The number of sulfonamides is 1. The van der Waals surface area contributed by atoms with Gasteiger partial charge < -0.3 is 9.72 Å². The number of nitrogens with zero attached hydrogens (tertiary/aromatic N) is 3. The van der Waals surface area contributed by atoms with Crippen LogP contribution in [0.5, 0.6) is 0 Å². The SMILES string of the molecule is Cc1ccc(NS(=O)(=O)c2cnn(C3(C)COC3)c2)c2[nH]cc(C#N)c12. The zero-order chi connectivity index (χ0) is 18.5. The monoisotopic (exact) mass is 371 g/mol. The van der Waals surface area contributed by atoms with E-state index in [0.717, 1.165) is 5.56 Å². The summed E-state index contributed by atoms with van der Waals surface area (Å²) in [4.78, 5) is 3.06. The molecule has 4 rings (SSSR count). The topological polar surface area (TPSA) is 113 Å². The normalized spacial score (nSPS) is 16.2. The number of fused-ring (bicyclic) bond motifs is 1. The van der Waals surface area contributed by atoms with E-state index in [1.165, 1.54) is 12.4 Å². The lowest BCUT2D eigenvalue weighted by Crippen LogP contribution is -2.49. The van der Waals surface area contributed by atoms with Gasteiger partial charge in [-0.3, -0.25) is 9.40 Å². The summed E-state index contributed by atoms with van der Waals surface area (Å²) < 4.78 is 35.0. The summed E-state index contributed by atoms with van der Waals surface area (Å²) >= 11 is 0. The molecule has 0 spiro atoms. The number of aryl methyl sites for hydroxylation is 1. The molecule has 0 bridgehead atoms. The van der Waals surface area contributed by atoms with E-state index in [2.05, 4.69) is 20.9 Å². The van der Waals surface area contributed by atoms with Crippen molar-refractivity contribution in [2.75, 3.05) is 17.9 Å². The molecule has 0 radical (unpaired) electrons. The highest BCUT2D eigenvalue weighted by Gasteiger charge is 2.37. The number of aromatic nitrogens is 3. The number of nitrogens with one attached hydrogen (secondary N) is 2. The van der Waals surface area contributed by atoms with Gasteiger partial charge in [-0.05, 0) is 25.5 Å². The van der Waals surface area contributed by atoms with Gasteiger partial charge in [0.15, 0.2) is 0 Å². The van der Waals surface area contributed by atoms with Crippen LogP contribution >= 0.6 is 0 Å². The molecule has 26 heavy (non-hydrogen) atoms. The maximum absolute atomic E-state index is 12.8. The summed E-state index contributed by atoms with van der Waals surface area (Å²) in [5, 5.41) is 14.1. The van der Waals surface area contributed by atoms with Gasteiger partial charge >= 0.3 is 0 Å². The smallest absolute Gasteiger partial charge is 0.265 e. The van der Waals surface area contributed by atoms with E-state index in [1.54, 1.807) is 23.0 Å². The number of ether oxygens (including phenoxy) is 1. The number of aromatic amines is 1. The summed E-state index contributed by atoms with van der Waals surface area (Å²) in [5.41, 5.74) is 2.03. The molecule has 1 saturated heterocycles. The minimum absolute atomic E-state index is 0.0754. The van der Waals surface area contributed by atoms with E-state index in [1.807, 2.05) is 13.8 Å². The van der Waals surface area contributed by atoms with E-state index in [-0.39, 0.29) is 10.4 Å². The van der Waals surface area contributed by atoms with E-state index in [9.17, 15) is 13.7 Å². The molecule has 0 unspecified atom stereocenters. The second-order valence-electron chi connectivity index (χ2n) is 6.71. The lowest BCUT2D eigenvalue weighted by molar-refractivity contribution is -0.0959. The van der Waals surface area contributed by atoms with Gasteiger partial charge in [0.05, 0.1) is 36.2 Å². The van der Waals surface area contributed by atoms with E-state index in [0.29, 0.717) is 35.4 Å². The van der Waals surface area contributed by atoms with Crippen LogP contribution in [0.1, 0.15) is 18.1 Å². The van der Waals surface area contributed by atoms with Crippen LogP contribution in [0.2, 0.25) is 0 Å². The van der Waals surface area contributed by atoms with Crippen molar-refractivity contribution in [2.45, 2.75) is 24.3 Å². The average Bonchev–Trinajstić information content (AvgIpc) is 3.22. The molecule has 2 aromatic heterocycles. The third-order valence-electron chi connectivity index (χ3n) is 4.66. The van der Waals surface area contributed by atoms with Crippen molar-refractivity contribution in [2.24, 2.45) is 0 Å². The third kappa shape index (κ3) is 2.46. The van der Waals surface area contributed by atoms with Gasteiger partial charge in [0.2, 0.25) is 0 Å². The summed E-state index contributed by atoms with van der Waals surface area (Å²) in [6.45, 7) is 4.83. The minimum atomic E-state index is -3.82. The average molecular weight is 371 g/mol. The molecule has 1 aromatic carbocycles. The third-order valence-corrected chi connectivity index (χ3v) is 5.98. The fourth-order valence-electron chi connectivity index (χ4n) is 3.07. The Kier molecular flexibility index (Phi) is 3.57. The Morgan fingerprint density at radius 2 is 2.19 bits per heavy atom. The van der Waals surface area contributed by atoms with Crippen molar-refractivity contribution in [1.82, 2.24) is 14.8 Å². The highest BCUT2D eigenvalue weighted by atomic mass is 32.2. The van der Waals surface area contributed by atoms with Crippen LogP contribution in [-0.4, -0.2) is 36.4 Å². The molecular weight excluding hydrogens is 354 g/mol. The van der Waals surface area contributed by atoms with Crippen LogP contribution in [0, 0.1) is 18.3 Å². The van der Waals surface area contributed by atoms with Crippen LogP contribution < -0.4 is 4.72 Å². The lowest BCUT2D eigenvalue weighted by atomic mass is 10.0. The Hall–Kier alpha value is -2.83. The number of H-pyrrole nitrogens is 1. The summed E-state index contributed by atoms with van der Waals surface area (Å²) in [6.07, 6.45) is 4.41. The van der Waals surface area contributed by atoms with E-state index < -0.39 is 10.0 Å². The van der Waals surface area contributed by atoms with Crippen LogP contribution in [-0.2, 0) is 20.3 Å². The predicted molar refractivity (Wildman–Crippen MR) is 95.3 cm³/mol. The van der Waals surface area contributed by atoms with Crippen molar-refractivity contribution >= 4 is 26.6 Å². The first kappa shape index (κ1) is 16.6. The zero-order valence-electron chi connectivity index (χ0n) is 14.3. The van der Waals surface area contributed by atoms with E-state index in [4.69, 9.17) is 4.74 Å². The van der Waals surface area contributed by atoms with E-state index >= 15 is 0 Å². The standard InChI is InChI=1S/C17H17N5O3S/c1-11-3-4-14(16-15(11)12(5-18)6-19-16)21-26(23,24)13-7-20-22(8-13)17(2)9-25-10-17/h3-4,6-8,19,21H,9-10H2,1-2H3. The molecule has 8 nitrogen and oxygen atoms in total. The summed E-state index contributed by atoms with van der Waals surface area (Å²) in [7, 11) is -3.82. The molecule has 1 aliphatic rings. The van der Waals surface area contributed by atoms with Crippen LogP contribution in [0.3, 0.4) is 0 Å². The second-order valence-corrected chi connectivity index (χ2v) is 8.39. The van der Waals surface area contributed by atoms with Crippen molar-refractivity contribution in [3.8, 4) is 6.07 Å². The van der Waals surface area contributed by atoms with Gasteiger partial charge in [-0.25, -0.2) is 8.42 Å². The fraction of sp³-hybridized carbons (Fsp3) is 0.294. The molecule has 2 N–H and O–H groups in total. The van der Waals surface area contributed by atoms with Crippen LogP contribution in [0.4, 0.5) is 5.69 Å². The van der Waals surface area contributed by atoms with Gasteiger partial charge in [-0.1, -0.05) is 6.07 Å². The van der Waals surface area contributed by atoms with Crippen molar-refractivity contribution < 1.29 is 13.2 Å². The molecule has 9 heteroatoms. The lowest BCUT2D eigenvalue weighted by Gasteiger charge is -2.38. The van der Waals surface area contributed by atoms with Crippen molar-refractivity contribution in [3.63, 3.8) is 0 Å². The van der Waals surface area contributed by atoms with Gasteiger partial charge in [-0.15, -0.1) is 0 Å². The van der Waals surface area contributed by atoms with Crippen LogP contribution in [0.25, 0.3) is 10.9 Å². The molecular formula is C17H17N5O3S. The molecule has 0 saturated carbocycles. The van der Waals surface area contributed by atoms with Gasteiger partial charge in [0.25, 0.3) is 10.0 Å². The quantitative estimate of drug-likeness (QED) is 0.729. The number of hydrogen-bond donors (Lipinski definition) is 2. The molecule has 0 atom stereocenters. The van der Waals surface area contributed by atoms with Gasteiger partial charge in [0, 0.05) is 17.8 Å². The van der Waals surface area contributed by atoms with Gasteiger partial charge in [0.1, 0.15) is 16.5 Å². The Balaban J connectivity index is 1.71. The Bertz CT molecular complexity index is 1150. The number of benzene rings is 1. The molecule has 3 heterocycles. The molecule has 1 aliphatic heterocycles. The number of anilines is 1. The van der Waals surface area contributed by atoms with Crippen LogP contribution in [0.15, 0.2) is 35.6 Å². The maximum Gasteiger partial charge on any atom is 0.265 e. The molecule has 3 aromatic rings. The van der Waals surface area contributed by atoms with Crippen molar-refractivity contribution in [3.05, 3.63) is 41.9 Å². The second kappa shape index (κ2) is 5.59. The number of rotatable bonds is 4. The Labute approximate surface area is 150 Å². The molecule has 0 aliphatic carbocycles. The molecule has 0 amide bonds.